The zero-order chi connectivity index (χ0) is 11.0. The van der Waals surface area contributed by atoms with Gasteiger partial charge in [-0.1, -0.05) is 25.7 Å². The Morgan fingerprint density at radius 3 is 2.31 bits per heavy atom. The molecule has 4 fully saturated rings. The highest BCUT2D eigenvalue weighted by Crippen LogP contribution is 2.29. The molecule has 3 aliphatic heterocycles. The Morgan fingerprint density at radius 2 is 1.75 bits per heavy atom. The Balaban J connectivity index is 1.57. The second-order valence-corrected chi connectivity index (χ2v) is 5.67. The van der Waals surface area contributed by atoms with E-state index < -0.39 is 0 Å². The standard InChI is InChI=1S/C13H22N2O/c16-13(9-11-3-1-2-4-11)12-10-14-5-7-15(12)8-6-14/h11-12H,1-10H2. The van der Waals surface area contributed by atoms with Crippen LogP contribution in [-0.4, -0.2) is 54.3 Å². The summed E-state index contributed by atoms with van der Waals surface area (Å²) >= 11 is 0. The number of ketones is 1. The fourth-order valence-electron chi connectivity index (χ4n) is 3.56. The molecule has 1 atom stereocenters. The van der Waals surface area contributed by atoms with Gasteiger partial charge in [-0.3, -0.25) is 14.6 Å². The molecule has 0 aromatic carbocycles. The molecule has 0 radical (unpaired) electrons. The number of rotatable bonds is 3. The normalized spacial score (nSPS) is 39.1. The van der Waals surface area contributed by atoms with Gasteiger partial charge in [-0.15, -0.1) is 0 Å². The zero-order valence-corrected chi connectivity index (χ0v) is 10.0. The molecule has 0 spiro atoms. The van der Waals surface area contributed by atoms with E-state index in [4.69, 9.17) is 0 Å². The van der Waals surface area contributed by atoms with Crippen molar-refractivity contribution in [3.8, 4) is 0 Å². The number of Topliss-reactive ketones (excluding diaryl/α,β-unsaturated/α-hetero) is 1. The molecule has 1 unspecified atom stereocenters. The predicted molar refractivity (Wildman–Crippen MR) is 63.4 cm³/mol. The minimum Gasteiger partial charge on any atom is -0.299 e. The van der Waals surface area contributed by atoms with Gasteiger partial charge < -0.3 is 0 Å². The lowest BCUT2D eigenvalue weighted by molar-refractivity contribution is -0.130. The lowest BCUT2D eigenvalue weighted by Gasteiger charge is -2.46. The quantitative estimate of drug-likeness (QED) is 0.715. The summed E-state index contributed by atoms with van der Waals surface area (Å²) in [4.78, 5) is 17.1. The molecular weight excluding hydrogens is 200 g/mol. The van der Waals surface area contributed by atoms with E-state index in [0.29, 0.717) is 11.7 Å². The maximum Gasteiger partial charge on any atom is 0.151 e. The highest BCUT2D eigenvalue weighted by Gasteiger charge is 2.36. The van der Waals surface area contributed by atoms with Crippen LogP contribution in [0.2, 0.25) is 0 Å². The first kappa shape index (κ1) is 10.7. The van der Waals surface area contributed by atoms with Crippen LogP contribution in [0.5, 0.6) is 0 Å². The van der Waals surface area contributed by atoms with E-state index >= 15 is 0 Å². The van der Waals surface area contributed by atoms with Crippen molar-refractivity contribution in [2.75, 3.05) is 32.7 Å². The van der Waals surface area contributed by atoms with E-state index in [1.165, 1.54) is 38.8 Å². The molecule has 3 saturated heterocycles. The molecule has 2 bridgehead atoms. The van der Waals surface area contributed by atoms with Crippen LogP contribution >= 0.6 is 0 Å². The van der Waals surface area contributed by atoms with Crippen LogP contribution in [0.15, 0.2) is 0 Å². The van der Waals surface area contributed by atoms with Crippen LogP contribution in [0.3, 0.4) is 0 Å². The topological polar surface area (TPSA) is 23.6 Å². The average molecular weight is 222 g/mol. The van der Waals surface area contributed by atoms with Crippen molar-refractivity contribution < 1.29 is 4.79 Å². The van der Waals surface area contributed by atoms with Gasteiger partial charge in [0.1, 0.15) is 0 Å². The minimum atomic E-state index is 0.239. The average Bonchev–Trinajstić information content (AvgIpc) is 2.83. The Hall–Kier alpha value is -0.410. The molecule has 4 aliphatic rings. The molecule has 3 heteroatoms. The van der Waals surface area contributed by atoms with Crippen LogP contribution in [-0.2, 0) is 4.79 Å². The zero-order valence-electron chi connectivity index (χ0n) is 10.0. The van der Waals surface area contributed by atoms with Gasteiger partial charge in [0.25, 0.3) is 0 Å². The van der Waals surface area contributed by atoms with Gasteiger partial charge in [0, 0.05) is 39.1 Å². The summed E-state index contributed by atoms with van der Waals surface area (Å²) in [5.41, 5.74) is 0. The molecule has 1 saturated carbocycles. The van der Waals surface area contributed by atoms with Crippen molar-refractivity contribution in [3.63, 3.8) is 0 Å². The Kier molecular flexibility index (Phi) is 2.99. The number of carbonyl (C=O) groups excluding carboxylic acids is 1. The smallest absolute Gasteiger partial charge is 0.151 e. The number of fused-ring (bicyclic) bond motifs is 3. The Morgan fingerprint density at radius 1 is 1.06 bits per heavy atom. The first-order chi connectivity index (χ1) is 7.83. The van der Waals surface area contributed by atoms with Crippen LogP contribution in [0.1, 0.15) is 32.1 Å². The van der Waals surface area contributed by atoms with E-state index in [0.717, 1.165) is 26.1 Å². The summed E-state index contributed by atoms with van der Waals surface area (Å²) in [5.74, 6) is 1.24. The Bertz CT molecular complexity index is 265. The summed E-state index contributed by atoms with van der Waals surface area (Å²) in [6, 6.07) is 0.239. The van der Waals surface area contributed by atoms with Crippen molar-refractivity contribution in [2.45, 2.75) is 38.1 Å². The maximum absolute atomic E-state index is 12.3. The maximum atomic E-state index is 12.3. The number of piperazine rings is 3. The summed E-state index contributed by atoms with van der Waals surface area (Å²) in [7, 11) is 0. The molecule has 90 valence electrons. The van der Waals surface area contributed by atoms with Gasteiger partial charge >= 0.3 is 0 Å². The fourth-order valence-corrected chi connectivity index (χ4v) is 3.56. The van der Waals surface area contributed by atoms with E-state index in [9.17, 15) is 4.79 Å². The molecule has 3 nitrogen and oxygen atoms in total. The van der Waals surface area contributed by atoms with E-state index in [1.54, 1.807) is 0 Å². The molecule has 16 heavy (non-hydrogen) atoms. The molecule has 0 amide bonds. The highest BCUT2D eigenvalue weighted by molar-refractivity contribution is 5.84. The first-order valence-electron chi connectivity index (χ1n) is 6.82. The molecule has 0 aromatic rings. The summed E-state index contributed by atoms with van der Waals surface area (Å²) in [6.45, 7) is 5.58. The van der Waals surface area contributed by atoms with E-state index in [1.807, 2.05) is 0 Å². The van der Waals surface area contributed by atoms with Crippen molar-refractivity contribution in [1.29, 1.82) is 0 Å². The third kappa shape index (κ3) is 2.03. The van der Waals surface area contributed by atoms with Crippen LogP contribution < -0.4 is 0 Å². The fraction of sp³-hybridized carbons (Fsp3) is 0.923. The summed E-state index contributed by atoms with van der Waals surface area (Å²) in [6.07, 6.45) is 6.14. The largest absolute Gasteiger partial charge is 0.299 e. The van der Waals surface area contributed by atoms with Gasteiger partial charge in [-0.05, 0) is 5.92 Å². The lowest BCUT2D eigenvalue weighted by Crippen LogP contribution is -2.63. The summed E-state index contributed by atoms with van der Waals surface area (Å²) < 4.78 is 0. The molecule has 0 N–H and O–H groups in total. The highest BCUT2D eigenvalue weighted by atomic mass is 16.1. The second kappa shape index (κ2) is 4.46. The Labute approximate surface area is 97.8 Å². The van der Waals surface area contributed by atoms with E-state index in [2.05, 4.69) is 9.80 Å². The van der Waals surface area contributed by atoms with Crippen molar-refractivity contribution in [2.24, 2.45) is 5.92 Å². The van der Waals surface area contributed by atoms with E-state index in [-0.39, 0.29) is 6.04 Å². The molecule has 4 rings (SSSR count). The van der Waals surface area contributed by atoms with Crippen LogP contribution in [0.4, 0.5) is 0 Å². The molecule has 1 aliphatic carbocycles. The molecule has 0 aromatic heterocycles. The number of nitrogens with zero attached hydrogens (tertiary/aromatic N) is 2. The van der Waals surface area contributed by atoms with Crippen LogP contribution in [0, 0.1) is 5.92 Å². The third-order valence-corrected chi connectivity index (χ3v) is 4.62. The second-order valence-electron chi connectivity index (χ2n) is 5.67. The first-order valence-corrected chi connectivity index (χ1v) is 6.82. The number of hydrogen-bond donors (Lipinski definition) is 0. The van der Waals surface area contributed by atoms with Gasteiger partial charge in [0.05, 0.1) is 6.04 Å². The van der Waals surface area contributed by atoms with Crippen LogP contribution in [0.25, 0.3) is 0 Å². The van der Waals surface area contributed by atoms with Crippen molar-refractivity contribution >= 4 is 5.78 Å². The minimum absolute atomic E-state index is 0.239. The molecular formula is C13H22N2O. The number of carbonyl (C=O) groups is 1. The SMILES string of the molecule is O=C(CC1CCCC1)C1CN2CCN1CC2. The van der Waals surface area contributed by atoms with Gasteiger partial charge in [0.2, 0.25) is 0 Å². The van der Waals surface area contributed by atoms with Gasteiger partial charge in [-0.25, -0.2) is 0 Å². The summed E-state index contributed by atoms with van der Waals surface area (Å²) in [5, 5.41) is 0. The van der Waals surface area contributed by atoms with Crippen molar-refractivity contribution in [1.82, 2.24) is 9.80 Å². The third-order valence-electron chi connectivity index (χ3n) is 4.62. The molecule has 3 heterocycles. The predicted octanol–water partition coefficient (Wildman–Crippen LogP) is 1.14. The number of hydrogen-bond acceptors (Lipinski definition) is 3. The van der Waals surface area contributed by atoms with Gasteiger partial charge in [0.15, 0.2) is 5.78 Å². The lowest BCUT2D eigenvalue weighted by atomic mass is 9.94. The van der Waals surface area contributed by atoms with Crippen molar-refractivity contribution in [3.05, 3.63) is 0 Å². The van der Waals surface area contributed by atoms with Gasteiger partial charge in [-0.2, -0.15) is 0 Å². The monoisotopic (exact) mass is 222 g/mol.